The van der Waals surface area contributed by atoms with Crippen LogP contribution in [-0.2, 0) is 13.0 Å². The van der Waals surface area contributed by atoms with Crippen molar-refractivity contribution in [3.63, 3.8) is 0 Å². The van der Waals surface area contributed by atoms with Crippen LogP contribution in [-0.4, -0.2) is 42.5 Å². The fraction of sp³-hybridized carbons (Fsp3) is 0.227. The van der Waals surface area contributed by atoms with Crippen molar-refractivity contribution in [1.82, 2.24) is 9.88 Å². The van der Waals surface area contributed by atoms with Gasteiger partial charge in [-0.3, -0.25) is 14.9 Å². The van der Waals surface area contributed by atoms with Gasteiger partial charge in [-0.1, -0.05) is 29.5 Å². The molecule has 0 unspecified atom stereocenters. The molecule has 0 spiro atoms. The quantitative estimate of drug-likeness (QED) is 0.678. The first-order valence-corrected chi connectivity index (χ1v) is 10.3. The van der Waals surface area contributed by atoms with Gasteiger partial charge in [0.2, 0.25) is 0 Å². The number of nitrogens with zero attached hydrogens (tertiary/aromatic N) is 2. The summed E-state index contributed by atoms with van der Waals surface area (Å²) in [5.41, 5.74) is 2.05. The standard InChI is InChI=1S/C22H21N3O4S/c1-28-17-9-8-15(12-18(17)29-2)20(26)24-22-23-16-10-11-25(13-19(16)30-22)21(27)14-6-4-3-5-7-14/h3-9,12H,10-11,13H2,1-2H3,(H,23,24,26). The molecule has 3 aromatic rings. The van der Waals surface area contributed by atoms with Gasteiger partial charge >= 0.3 is 0 Å². The van der Waals surface area contributed by atoms with Crippen LogP contribution in [0.2, 0.25) is 0 Å². The van der Waals surface area contributed by atoms with E-state index in [1.807, 2.05) is 35.2 Å². The number of rotatable bonds is 5. The predicted octanol–water partition coefficient (Wildman–Crippen LogP) is 3.61. The SMILES string of the molecule is COc1ccc(C(=O)Nc2nc3c(s2)CN(C(=O)c2ccccc2)CC3)cc1OC. The van der Waals surface area contributed by atoms with Gasteiger partial charge in [0.25, 0.3) is 11.8 Å². The summed E-state index contributed by atoms with van der Waals surface area (Å²) in [5, 5.41) is 3.37. The minimum atomic E-state index is -0.278. The van der Waals surface area contributed by atoms with Crippen molar-refractivity contribution in [3.05, 3.63) is 70.2 Å². The molecule has 1 N–H and O–H groups in total. The second-order valence-corrected chi connectivity index (χ2v) is 7.84. The highest BCUT2D eigenvalue weighted by Crippen LogP contribution is 2.31. The van der Waals surface area contributed by atoms with E-state index in [4.69, 9.17) is 9.47 Å². The lowest BCUT2D eigenvalue weighted by molar-refractivity contribution is 0.0736. The molecule has 0 radical (unpaired) electrons. The molecular formula is C22H21N3O4S. The Morgan fingerprint density at radius 1 is 1.03 bits per heavy atom. The number of hydrogen-bond donors (Lipinski definition) is 1. The molecule has 0 aliphatic carbocycles. The molecule has 154 valence electrons. The van der Waals surface area contributed by atoms with Crippen molar-refractivity contribution in [3.8, 4) is 11.5 Å². The van der Waals surface area contributed by atoms with Crippen molar-refractivity contribution in [2.45, 2.75) is 13.0 Å². The number of aromatic nitrogens is 1. The molecule has 1 aliphatic heterocycles. The first-order valence-electron chi connectivity index (χ1n) is 9.45. The molecule has 0 saturated carbocycles. The van der Waals surface area contributed by atoms with E-state index in [1.165, 1.54) is 18.4 Å². The van der Waals surface area contributed by atoms with Gasteiger partial charge in [-0.25, -0.2) is 4.98 Å². The first kappa shape index (κ1) is 19.9. The third-order valence-corrected chi connectivity index (χ3v) is 5.90. The van der Waals surface area contributed by atoms with E-state index in [-0.39, 0.29) is 11.8 Å². The zero-order valence-corrected chi connectivity index (χ0v) is 17.5. The van der Waals surface area contributed by atoms with Crippen molar-refractivity contribution < 1.29 is 19.1 Å². The van der Waals surface area contributed by atoms with Gasteiger partial charge in [0.05, 0.1) is 26.5 Å². The van der Waals surface area contributed by atoms with Gasteiger partial charge in [-0.05, 0) is 30.3 Å². The number of thiazole rings is 1. The van der Waals surface area contributed by atoms with Crippen LogP contribution in [0, 0.1) is 0 Å². The lowest BCUT2D eigenvalue weighted by Crippen LogP contribution is -2.35. The fourth-order valence-electron chi connectivity index (χ4n) is 3.33. The zero-order chi connectivity index (χ0) is 21.1. The summed E-state index contributed by atoms with van der Waals surface area (Å²) in [7, 11) is 3.07. The van der Waals surface area contributed by atoms with E-state index >= 15 is 0 Å². The average Bonchev–Trinajstić information content (AvgIpc) is 3.19. The summed E-state index contributed by atoms with van der Waals surface area (Å²) < 4.78 is 10.5. The van der Waals surface area contributed by atoms with Crippen LogP contribution >= 0.6 is 11.3 Å². The van der Waals surface area contributed by atoms with Crippen molar-refractivity contribution in [2.75, 3.05) is 26.1 Å². The summed E-state index contributed by atoms with van der Waals surface area (Å²) in [4.78, 5) is 32.7. The molecular weight excluding hydrogens is 402 g/mol. The van der Waals surface area contributed by atoms with Crippen LogP contribution in [0.3, 0.4) is 0 Å². The Morgan fingerprint density at radius 3 is 2.53 bits per heavy atom. The maximum Gasteiger partial charge on any atom is 0.257 e. The summed E-state index contributed by atoms with van der Waals surface area (Å²) in [5.74, 6) is 0.769. The molecule has 4 rings (SSSR count). The lowest BCUT2D eigenvalue weighted by atomic mass is 10.1. The molecule has 1 aliphatic rings. The number of carbonyl (C=O) groups is 2. The van der Waals surface area contributed by atoms with E-state index in [2.05, 4.69) is 10.3 Å². The number of carbonyl (C=O) groups excluding carboxylic acids is 2. The number of anilines is 1. The Morgan fingerprint density at radius 2 is 1.80 bits per heavy atom. The molecule has 2 aromatic carbocycles. The van der Waals surface area contributed by atoms with Gasteiger partial charge in [0.15, 0.2) is 16.6 Å². The van der Waals surface area contributed by atoms with Gasteiger partial charge < -0.3 is 14.4 Å². The number of nitrogens with one attached hydrogen (secondary N) is 1. The highest BCUT2D eigenvalue weighted by atomic mass is 32.1. The molecule has 2 amide bonds. The summed E-state index contributed by atoms with van der Waals surface area (Å²) >= 11 is 1.40. The molecule has 30 heavy (non-hydrogen) atoms. The summed E-state index contributed by atoms with van der Waals surface area (Å²) in [6.07, 6.45) is 0.663. The van der Waals surface area contributed by atoms with E-state index in [1.54, 1.807) is 25.3 Å². The van der Waals surface area contributed by atoms with Crippen molar-refractivity contribution in [2.24, 2.45) is 0 Å². The molecule has 0 fully saturated rings. The summed E-state index contributed by atoms with van der Waals surface area (Å²) in [6, 6.07) is 14.2. The minimum Gasteiger partial charge on any atom is -0.493 e. The Bertz CT molecular complexity index is 1080. The Labute approximate surface area is 178 Å². The molecule has 0 bridgehead atoms. The van der Waals surface area contributed by atoms with Gasteiger partial charge in [0.1, 0.15) is 0 Å². The van der Waals surface area contributed by atoms with Crippen LogP contribution in [0.25, 0.3) is 0 Å². The molecule has 2 heterocycles. The van der Waals surface area contributed by atoms with Crippen LogP contribution in [0.4, 0.5) is 5.13 Å². The monoisotopic (exact) mass is 423 g/mol. The maximum atomic E-state index is 12.7. The van der Waals surface area contributed by atoms with Crippen LogP contribution in [0.15, 0.2) is 48.5 Å². The number of methoxy groups -OCH3 is 2. The second kappa shape index (κ2) is 8.54. The van der Waals surface area contributed by atoms with Crippen molar-refractivity contribution >= 4 is 28.3 Å². The van der Waals surface area contributed by atoms with Gasteiger partial charge in [0, 0.05) is 29.0 Å². The molecule has 0 atom stereocenters. The Balaban J connectivity index is 1.47. The molecule has 1 aromatic heterocycles. The normalized spacial score (nSPS) is 12.8. The molecule has 7 nitrogen and oxygen atoms in total. The topological polar surface area (TPSA) is 80.8 Å². The molecule has 8 heteroatoms. The number of amides is 2. The largest absolute Gasteiger partial charge is 0.493 e. The van der Waals surface area contributed by atoms with Crippen molar-refractivity contribution in [1.29, 1.82) is 0 Å². The minimum absolute atomic E-state index is 0.00515. The van der Waals surface area contributed by atoms with E-state index in [0.717, 1.165) is 10.6 Å². The number of fused-ring (bicyclic) bond motifs is 1. The number of hydrogen-bond acceptors (Lipinski definition) is 6. The molecule has 0 saturated heterocycles. The second-order valence-electron chi connectivity index (χ2n) is 6.76. The predicted molar refractivity (Wildman–Crippen MR) is 114 cm³/mol. The third kappa shape index (κ3) is 3.99. The average molecular weight is 423 g/mol. The van der Waals surface area contributed by atoms with E-state index in [9.17, 15) is 9.59 Å². The smallest absolute Gasteiger partial charge is 0.257 e. The van der Waals surface area contributed by atoms with Crippen LogP contribution in [0.5, 0.6) is 11.5 Å². The Kier molecular flexibility index (Phi) is 5.67. The summed E-state index contributed by atoms with van der Waals surface area (Å²) in [6.45, 7) is 1.10. The van der Waals surface area contributed by atoms with E-state index < -0.39 is 0 Å². The van der Waals surface area contributed by atoms with Gasteiger partial charge in [-0.15, -0.1) is 0 Å². The van der Waals surface area contributed by atoms with E-state index in [0.29, 0.717) is 47.3 Å². The lowest BCUT2D eigenvalue weighted by Gasteiger charge is -2.26. The number of benzene rings is 2. The van der Waals surface area contributed by atoms with Crippen LogP contribution in [0.1, 0.15) is 31.3 Å². The maximum absolute atomic E-state index is 12.7. The highest BCUT2D eigenvalue weighted by molar-refractivity contribution is 7.15. The number of ether oxygens (including phenoxy) is 2. The first-order chi connectivity index (χ1) is 14.6. The van der Waals surface area contributed by atoms with Gasteiger partial charge in [-0.2, -0.15) is 0 Å². The third-order valence-electron chi connectivity index (χ3n) is 4.91. The zero-order valence-electron chi connectivity index (χ0n) is 16.7. The highest BCUT2D eigenvalue weighted by Gasteiger charge is 2.25. The fourth-order valence-corrected chi connectivity index (χ4v) is 4.35. The van der Waals surface area contributed by atoms with Crippen LogP contribution < -0.4 is 14.8 Å². The Hall–Kier alpha value is -3.39.